The summed E-state index contributed by atoms with van der Waals surface area (Å²) in [5.41, 5.74) is 6.96. The van der Waals surface area contributed by atoms with Gasteiger partial charge in [0.15, 0.2) is 11.5 Å². The van der Waals surface area contributed by atoms with Crippen molar-refractivity contribution in [3.05, 3.63) is 59.3 Å². The van der Waals surface area contributed by atoms with Crippen LogP contribution in [-0.4, -0.2) is 143 Å². The van der Waals surface area contributed by atoms with E-state index in [2.05, 4.69) is 52.9 Å². The van der Waals surface area contributed by atoms with Crippen LogP contribution in [0.2, 0.25) is 0 Å². The molecule has 3 aromatic rings. The molecule has 6 amide bonds. The van der Waals surface area contributed by atoms with E-state index >= 15 is 4.39 Å². The number of carbonyl (C=O) groups is 5. The van der Waals surface area contributed by atoms with Crippen LogP contribution >= 0.6 is 0 Å². The number of piperidine rings is 2. The Morgan fingerprint density at radius 3 is 2.52 bits per heavy atom. The normalized spacial score (nSPS) is 20.4. The molecule has 56 heavy (non-hydrogen) atoms. The number of nitrogens with zero attached hydrogens (tertiary/aromatic N) is 9. The van der Waals surface area contributed by atoms with Crippen molar-refractivity contribution < 1.29 is 28.4 Å². The van der Waals surface area contributed by atoms with E-state index in [0.717, 1.165) is 12.8 Å². The van der Waals surface area contributed by atoms with Gasteiger partial charge >= 0.3 is 6.03 Å². The summed E-state index contributed by atoms with van der Waals surface area (Å²) in [5, 5.41) is 16.0. The van der Waals surface area contributed by atoms with Crippen molar-refractivity contribution in [1.29, 1.82) is 0 Å². The number of carbonyl (C=O) groups excluding carboxylic acids is 5. The van der Waals surface area contributed by atoms with Crippen LogP contribution in [0.4, 0.5) is 32.3 Å². The molecule has 5 N–H and O–H groups in total. The second-order valence-electron chi connectivity index (χ2n) is 14.1. The first kappa shape index (κ1) is 37.9. The maximum Gasteiger partial charge on any atom is 0.320 e. The Morgan fingerprint density at radius 1 is 1.00 bits per heavy atom. The van der Waals surface area contributed by atoms with Crippen molar-refractivity contribution in [2.45, 2.75) is 37.8 Å². The monoisotopic (exact) mass is 767 g/mol. The van der Waals surface area contributed by atoms with Crippen LogP contribution in [0.25, 0.3) is 0 Å². The van der Waals surface area contributed by atoms with Crippen molar-refractivity contribution in [3.8, 4) is 11.8 Å². The summed E-state index contributed by atoms with van der Waals surface area (Å²) in [6, 6.07) is 7.13. The molecule has 2 atom stereocenters. The lowest BCUT2D eigenvalue weighted by atomic mass is 10.0. The molecule has 1 aromatic carbocycles. The molecular formula is C37H42FN13O5. The predicted octanol–water partition coefficient (Wildman–Crippen LogP) is 0.293. The largest absolute Gasteiger partial charge is 0.367 e. The minimum atomic E-state index is -0.830. The van der Waals surface area contributed by atoms with Crippen LogP contribution in [0, 0.1) is 17.7 Å². The van der Waals surface area contributed by atoms with E-state index in [-0.39, 0.29) is 54.0 Å². The Kier molecular flexibility index (Phi) is 11.2. The van der Waals surface area contributed by atoms with Crippen LogP contribution in [0.5, 0.6) is 0 Å². The summed E-state index contributed by atoms with van der Waals surface area (Å²) in [6.07, 6.45) is 3.57. The molecule has 7 rings (SSSR count). The number of nitrogens with one attached hydrogen (secondary N) is 3. The first-order valence-electron chi connectivity index (χ1n) is 18.5. The minimum Gasteiger partial charge on any atom is -0.367 e. The van der Waals surface area contributed by atoms with Gasteiger partial charge < -0.3 is 36.0 Å². The molecule has 4 aliphatic heterocycles. The standard InChI is InChI=1S/C37H42FN13O5/c1-47-14-19-51(37(47)56)25-5-3-13-50(22-25)36-44-33(31(32(39)53)45-46-36)41-24-7-10-29(26(38)20-24)49-17-15-48(16-18-49)12-2-4-23-6-8-27(40-21-23)34(54)42-28-9-11-30(52)43-35(28)55/h6-8,10,20-21,25,28H,3,5,9,11-19,22H2,1H3,(H2,39,53)(H,42,54)(H,41,44,46)(H,43,52,55). The number of likely N-dealkylation sites (N-methyl/N-ethyl adjacent to an activating group) is 1. The number of halogens is 1. The van der Waals surface area contributed by atoms with Crippen molar-refractivity contribution in [1.82, 2.24) is 45.5 Å². The SMILES string of the molecule is CN1CCN(C2CCCN(c3nnc(C(N)=O)c(Nc4ccc(N5CCN(CC#Cc6ccc(C(=O)NC7CCC(=O)NC7=O)nc6)CC5)c(F)c4)n3)C2)C1=O. The maximum absolute atomic E-state index is 15.6. The second kappa shape index (κ2) is 16.5. The quantitative estimate of drug-likeness (QED) is 0.171. The zero-order valence-electron chi connectivity index (χ0n) is 30.8. The molecule has 0 spiro atoms. The number of urea groups is 1. The molecule has 19 heteroatoms. The molecule has 0 saturated carbocycles. The lowest BCUT2D eigenvalue weighted by Crippen LogP contribution is -2.52. The smallest absolute Gasteiger partial charge is 0.320 e. The molecule has 18 nitrogen and oxygen atoms in total. The van der Waals surface area contributed by atoms with Gasteiger partial charge in [-0.05, 0) is 49.6 Å². The van der Waals surface area contributed by atoms with Gasteiger partial charge in [-0.15, -0.1) is 10.2 Å². The summed E-state index contributed by atoms with van der Waals surface area (Å²) in [7, 11) is 1.79. The Hall–Kier alpha value is -6.42. The Morgan fingerprint density at radius 2 is 1.82 bits per heavy atom. The van der Waals surface area contributed by atoms with Crippen molar-refractivity contribution in [2.24, 2.45) is 5.73 Å². The molecule has 4 fully saturated rings. The second-order valence-corrected chi connectivity index (χ2v) is 14.1. The number of hydrogen-bond acceptors (Lipinski definition) is 13. The Labute approximate surface area is 322 Å². The summed E-state index contributed by atoms with van der Waals surface area (Å²) < 4.78 is 15.6. The highest BCUT2D eigenvalue weighted by Crippen LogP contribution is 2.28. The molecule has 2 aromatic heterocycles. The summed E-state index contributed by atoms with van der Waals surface area (Å²) >= 11 is 0. The van der Waals surface area contributed by atoms with Gasteiger partial charge in [0.2, 0.25) is 17.8 Å². The number of imide groups is 1. The predicted molar refractivity (Wildman–Crippen MR) is 201 cm³/mol. The fourth-order valence-corrected chi connectivity index (χ4v) is 7.15. The maximum atomic E-state index is 15.6. The highest BCUT2D eigenvalue weighted by Gasteiger charge is 2.35. The van der Waals surface area contributed by atoms with Gasteiger partial charge in [0.1, 0.15) is 17.6 Å². The van der Waals surface area contributed by atoms with E-state index in [1.54, 1.807) is 30.1 Å². The lowest BCUT2D eigenvalue weighted by molar-refractivity contribution is -0.134. The van der Waals surface area contributed by atoms with Crippen molar-refractivity contribution >= 4 is 52.8 Å². The van der Waals surface area contributed by atoms with Gasteiger partial charge in [0.05, 0.1) is 18.3 Å². The van der Waals surface area contributed by atoms with E-state index in [0.29, 0.717) is 75.8 Å². The third-order valence-electron chi connectivity index (χ3n) is 10.3. The molecule has 4 saturated heterocycles. The topological polar surface area (TPSA) is 215 Å². The number of amides is 6. The van der Waals surface area contributed by atoms with E-state index in [1.165, 1.54) is 18.3 Å². The fraction of sp³-hybridized carbons (Fsp3) is 0.432. The van der Waals surface area contributed by atoms with Crippen LogP contribution < -0.4 is 31.5 Å². The number of rotatable bonds is 9. The number of primary amides is 1. The Balaban J connectivity index is 0.916. The highest BCUT2D eigenvalue weighted by molar-refractivity contribution is 6.03. The van der Waals surface area contributed by atoms with Crippen LogP contribution in [-0.2, 0) is 9.59 Å². The first-order chi connectivity index (χ1) is 27.0. The van der Waals surface area contributed by atoms with E-state index in [9.17, 15) is 24.0 Å². The Bertz CT molecular complexity index is 2080. The van der Waals surface area contributed by atoms with Gasteiger partial charge in [-0.1, -0.05) is 11.8 Å². The third-order valence-corrected chi connectivity index (χ3v) is 10.3. The molecule has 0 aliphatic carbocycles. The third kappa shape index (κ3) is 8.60. The van der Waals surface area contributed by atoms with Gasteiger partial charge in [-0.25, -0.2) is 14.2 Å². The van der Waals surface area contributed by atoms with Crippen LogP contribution in [0.1, 0.15) is 52.2 Å². The summed E-state index contributed by atoms with van der Waals surface area (Å²) in [6.45, 7) is 5.45. The number of nitrogens with two attached hydrogens (primary N) is 1. The lowest BCUT2D eigenvalue weighted by Gasteiger charge is -2.37. The van der Waals surface area contributed by atoms with Gasteiger partial charge in [-0.3, -0.25) is 29.4 Å². The van der Waals surface area contributed by atoms with E-state index < -0.39 is 29.6 Å². The molecule has 0 bridgehead atoms. The molecule has 292 valence electrons. The summed E-state index contributed by atoms with van der Waals surface area (Å²) in [5.74, 6) is 3.84. The summed E-state index contributed by atoms with van der Waals surface area (Å²) in [4.78, 5) is 79.0. The zero-order valence-corrected chi connectivity index (χ0v) is 30.8. The number of benzene rings is 1. The number of pyridine rings is 1. The van der Waals surface area contributed by atoms with Crippen LogP contribution in [0.3, 0.4) is 0 Å². The number of anilines is 4. The van der Waals surface area contributed by atoms with Gasteiger partial charge in [0.25, 0.3) is 11.8 Å². The molecule has 6 heterocycles. The van der Waals surface area contributed by atoms with Gasteiger partial charge in [-0.2, -0.15) is 4.98 Å². The van der Waals surface area contributed by atoms with Gasteiger partial charge in [0, 0.05) is 83.3 Å². The zero-order chi connectivity index (χ0) is 39.3. The molecule has 4 aliphatic rings. The number of hydrogen-bond donors (Lipinski definition) is 4. The minimum absolute atomic E-state index is 0.00132. The number of aromatic nitrogens is 4. The number of piperazine rings is 1. The molecular weight excluding hydrogens is 725 g/mol. The van der Waals surface area contributed by atoms with Crippen molar-refractivity contribution in [2.75, 3.05) is 81.1 Å². The first-order valence-corrected chi connectivity index (χ1v) is 18.5. The highest BCUT2D eigenvalue weighted by atomic mass is 19.1. The molecule has 2 unspecified atom stereocenters. The van der Waals surface area contributed by atoms with Crippen molar-refractivity contribution in [3.63, 3.8) is 0 Å². The average molecular weight is 768 g/mol. The van der Waals surface area contributed by atoms with E-state index in [1.807, 2.05) is 14.7 Å². The van der Waals surface area contributed by atoms with E-state index in [4.69, 9.17) is 5.73 Å². The van der Waals surface area contributed by atoms with Crippen LogP contribution in [0.15, 0.2) is 36.5 Å². The fourth-order valence-electron chi connectivity index (χ4n) is 7.15. The molecule has 0 radical (unpaired) electrons. The average Bonchev–Trinajstić information content (AvgIpc) is 3.53.